The van der Waals surface area contributed by atoms with E-state index in [2.05, 4.69) is 27.1 Å². The topological polar surface area (TPSA) is 72.7 Å². The molecule has 29 heavy (non-hydrogen) atoms. The summed E-state index contributed by atoms with van der Waals surface area (Å²) in [4.78, 5) is 16.1. The van der Waals surface area contributed by atoms with Crippen LogP contribution < -0.4 is 5.32 Å². The van der Waals surface area contributed by atoms with Crippen molar-refractivity contribution in [3.05, 3.63) is 63.9 Å². The lowest BCUT2D eigenvalue weighted by molar-refractivity contribution is -0.113. The van der Waals surface area contributed by atoms with Crippen molar-refractivity contribution in [3.63, 3.8) is 0 Å². The number of thioether (sulfide) groups is 2. The minimum absolute atomic E-state index is 0.133. The summed E-state index contributed by atoms with van der Waals surface area (Å²) in [6.45, 7) is 4.37. The van der Waals surface area contributed by atoms with Gasteiger partial charge in [-0.15, -0.1) is 39.9 Å². The standard InChI is InChI=1S/C18H17Cl2N5OS3/c1-2-6-25-15(10-27-9-12-3-4-13(19)8-14(12)20)23-24-18(25)29-11-16(26)22-17-21-5-7-28-17/h2-5,7-8H,1,6,9-11H2,(H,21,22,26). The second kappa shape index (κ2) is 11.0. The Balaban J connectivity index is 1.57. The molecule has 0 saturated heterocycles. The van der Waals surface area contributed by atoms with Crippen LogP contribution in [-0.4, -0.2) is 31.4 Å². The summed E-state index contributed by atoms with van der Waals surface area (Å²) in [5.41, 5.74) is 1.02. The highest BCUT2D eigenvalue weighted by atomic mass is 35.5. The van der Waals surface area contributed by atoms with Crippen LogP contribution in [0.3, 0.4) is 0 Å². The minimum atomic E-state index is -0.133. The van der Waals surface area contributed by atoms with Crippen molar-refractivity contribution in [2.24, 2.45) is 0 Å². The molecule has 0 fully saturated rings. The van der Waals surface area contributed by atoms with E-state index in [-0.39, 0.29) is 11.7 Å². The van der Waals surface area contributed by atoms with Gasteiger partial charge in [0.2, 0.25) is 5.91 Å². The maximum atomic E-state index is 12.1. The molecule has 2 aromatic heterocycles. The van der Waals surface area contributed by atoms with E-state index in [0.29, 0.717) is 32.6 Å². The van der Waals surface area contributed by atoms with E-state index in [1.54, 1.807) is 30.1 Å². The first-order valence-corrected chi connectivity index (χ1v) is 12.2. The zero-order valence-electron chi connectivity index (χ0n) is 15.2. The van der Waals surface area contributed by atoms with E-state index in [9.17, 15) is 4.79 Å². The van der Waals surface area contributed by atoms with Crippen LogP contribution in [0.2, 0.25) is 10.0 Å². The third-order valence-electron chi connectivity index (χ3n) is 3.62. The van der Waals surface area contributed by atoms with Crippen LogP contribution in [0.15, 0.2) is 47.6 Å². The Morgan fingerprint density at radius 1 is 1.31 bits per heavy atom. The molecule has 6 nitrogen and oxygen atoms in total. The summed E-state index contributed by atoms with van der Waals surface area (Å²) in [6.07, 6.45) is 3.43. The van der Waals surface area contributed by atoms with Gasteiger partial charge in [-0.05, 0) is 17.7 Å². The van der Waals surface area contributed by atoms with E-state index in [4.69, 9.17) is 23.2 Å². The summed E-state index contributed by atoms with van der Waals surface area (Å²) in [5, 5.41) is 15.6. The van der Waals surface area contributed by atoms with Gasteiger partial charge >= 0.3 is 0 Å². The number of carbonyl (C=O) groups is 1. The van der Waals surface area contributed by atoms with E-state index in [1.165, 1.54) is 23.1 Å². The second-order valence-electron chi connectivity index (χ2n) is 5.70. The molecule has 152 valence electrons. The number of benzene rings is 1. The van der Waals surface area contributed by atoms with Gasteiger partial charge in [-0.25, -0.2) is 4.98 Å². The van der Waals surface area contributed by atoms with Gasteiger partial charge in [0.15, 0.2) is 10.3 Å². The molecule has 2 heterocycles. The SMILES string of the molecule is C=CCn1c(CSCc2ccc(Cl)cc2Cl)nnc1SCC(=O)Nc1nccs1. The normalized spacial score (nSPS) is 10.8. The van der Waals surface area contributed by atoms with Gasteiger partial charge < -0.3 is 9.88 Å². The Hall–Kier alpha value is -1.52. The fraction of sp³-hybridized carbons (Fsp3) is 0.222. The maximum absolute atomic E-state index is 12.1. The van der Waals surface area contributed by atoms with Gasteiger partial charge in [-0.2, -0.15) is 0 Å². The molecule has 0 bridgehead atoms. The van der Waals surface area contributed by atoms with E-state index in [1.807, 2.05) is 22.1 Å². The molecule has 0 spiro atoms. The van der Waals surface area contributed by atoms with E-state index in [0.717, 1.165) is 17.1 Å². The van der Waals surface area contributed by atoms with Gasteiger partial charge in [0.25, 0.3) is 0 Å². The third-order valence-corrected chi connectivity index (χ3v) is 6.84. The maximum Gasteiger partial charge on any atom is 0.236 e. The van der Waals surface area contributed by atoms with Gasteiger partial charge in [-0.1, -0.05) is 47.1 Å². The van der Waals surface area contributed by atoms with E-state index >= 15 is 0 Å². The van der Waals surface area contributed by atoms with Crippen molar-refractivity contribution in [1.29, 1.82) is 0 Å². The molecule has 11 heteroatoms. The third kappa shape index (κ3) is 6.48. The number of hydrogen-bond acceptors (Lipinski definition) is 7. The molecule has 0 radical (unpaired) electrons. The zero-order chi connectivity index (χ0) is 20.6. The lowest BCUT2D eigenvalue weighted by Gasteiger charge is -2.08. The number of halogens is 2. The number of anilines is 1. The Morgan fingerprint density at radius 3 is 2.90 bits per heavy atom. The van der Waals surface area contributed by atoms with Crippen LogP contribution in [0, 0.1) is 0 Å². The summed E-state index contributed by atoms with van der Waals surface area (Å²) >= 11 is 16.6. The number of amides is 1. The fourth-order valence-electron chi connectivity index (χ4n) is 2.31. The average Bonchev–Trinajstić information content (AvgIpc) is 3.33. The zero-order valence-corrected chi connectivity index (χ0v) is 19.1. The van der Waals surface area contributed by atoms with Crippen LogP contribution in [0.25, 0.3) is 0 Å². The molecule has 3 rings (SSSR count). The number of allylic oxidation sites excluding steroid dienone is 1. The molecular weight excluding hydrogens is 469 g/mol. The van der Waals surface area contributed by atoms with Gasteiger partial charge in [0.05, 0.1) is 11.5 Å². The highest BCUT2D eigenvalue weighted by molar-refractivity contribution is 7.99. The van der Waals surface area contributed by atoms with Crippen molar-refractivity contribution < 1.29 is 4.79 Å². The number of carbonyl (C=O) groups excluding carboxylic acids is 1. The van der Waals surface area contributed by atoms with Crippen molar-refractivity contribution in [1.82, 2.24) is 19.7 Å². The predicted octanol–water partition coefficient (Wildman–Crippen LogP) is 5.39. The smallest absolute Gasteiger partial charge is 0.236 e. The molecule has 0 aliphatic heterocycles. The van der Waals surface area contributed by atoms with Crippen LogP contribution in [0.5, 0.6) is 0 Å². The lowest BCUT2D eigenvalue weighted by atomic mass is 10.2. The first kappa shape index (κ1) is 22.2. The average molecular weight is 486 g/mol. The highest BCUT2D eigenvalue weighted by Gasteiger charge is 2.14. The van der Waals surface area contributed by atoms with E-state index < -0.39 is 0 Å². The Labute approximate surface area is 191 Å². The molecule has 1 amide bonds. The molecular formula is C18H17Cl2N5OS3. The van der Waals surface area contributed by atoms with Gasteiger partial charge in [0, 0.05) is 33.9 Å². The number of aromatic nitrogens is 4. The number of rotatable bonds is 10. The number of nitrogens with one attached hydrogen (secondary N) is 1. The Morgan fingerprint density at radius 2 is 2.17 bits per heavy atom. The van der Waals surface area contributed by atoms with Crippen LogP contribution >= 0.6 is 58.1 Å². The molecule has 0 aliphatic rings. The highest BCUT2D eigenvalue weighted by Crippen LogP contribution is 2.27. The molecule has 3 aromatic rings. The summed E-state index contributed by atoms with van der Waals surface area (Å²) < 4.78 is 1.96. The monoisotopic (exact) mass is 485 g/mol. The number of hydrogen-bond donors (Lipinski definition) is 1. The lowest BCUT2D eigenvalue weighted by Crippen LogP contribution is -2.14. The molecule has 1 aromatic carbocycles. The summed E-state index contributed by atoms with van der Waals surface area (Å²) in [5.74, 6) is 2.30. The second-order valence-corrected chi connectivity index (χ2v) is 9.37. The van der Waals surface area contributed by atoms with Crippen molar-refractivity contribution >= 4 is 69.1 Å². The summed E-state index contributed by atoms with van der Waals surface area (Å²) in [7, 11) is 0. The molecule has 0 atom stereocenters. The van der Waals surface area contributed by atoms with Crippen molar-refractivity contribution in [2.45, 2.75) is 23.2 Å². The quantitative estimate of drug-likeness (QED) is 0.306. The van der Waals surface area contributed by atoms with Crippen molar-refractivity contribution in [2.75, 3.05) is 11.1 Å². The Kier molecular flexibility index (Phi) is 8.43. The summed E-state index contributed by atoms with van der Waals surface area (Å²) in [6, 6.07) is 5.49. The minimum Gasteiger partial charge on any atom is -0.301 e. The number of nitrogens with zero attached hydrogens (tertiary/aromatic N) is 4. The van der Waals surface area contributed by atoms with Crippen LogP contribution in [0.4, 0.5) is 5.13 Å². The largest absolute Gasteiger partial charge is 0.301 e. The molecule has 0 saturated carbocycles. The predicted molar refractivity (Wildman–Crippen MR) is 123 cm³/mol. The number of thiazole rings is 1. The molecule has 0 aliphatic carbocycles. The van der Waals surface area contributed by atoms with Crippen LogP contribution in [-0.2, 0) is 22.8 Å². The fourth-order valence-corrected chi connectivity index (χ4v) is 5.14. The van der Waals surface area contributed by atoms with Gasteiger partial charge in [-0.3, -0.25) is 4.79 Å². The first-order chi connectivity index (χ1) is 14.1. The van der Waals surface area contributed by atoms with Gasteiger partial charge in [0.1, 0.15) is 5.82 Å². The Bertz CT molecular complexity index is 978. The van der Waals surface area contributed by atoms with Crippen molar-refractivity contribution in [3.8, 4) is 0 Å². The molecule has 0 unspecified atom stereocenters. The first-order valence-electron chi connectivity index (χ1n) is 8.43. The van der Waals surface area contributed by atoms with Crippen LogP contribution in [0.1, 0.15) is 11.4 Å². The molecule has 1 N–H and O–H groups in total.